The second-order valence-electron chi connectivity index (χ2n) is 10.1. The molecule has 1 aliphatic rings. The molecule has 5 rings (SSSR count). The first kappa shape index (κ1) is 24.2. The second kappa shape index (κ2) is 10.2. The Balaban J connectivity index is 1.58. The normalized spacial score (nSPS) is 16.5. The van der Waals surface area contributed by atoms with Crippen LogP contribution in [0.5, 0.6) is 0 Å². The van der Waals surface area contributed by atoms with Gasteiger partial charge in [0, 0.05) is 36.1 Å². The Bertz CT molecular complexity index is 1430. The number of anilines is 2. The van der Waals surface area contributed by atoms with Crippen molar-refractivity contribution >= 4 is 22.3 Å². The maximum Gasteiger partial charge on any atom is 0.261 e. The van der Waals surface area contributed by atoms with Crippen LogP contribution in [-0.2, 0) is 6.54 Å². The summed E-state index contributed by atoms with van der Waals surface area (Å²) in [7, 11) is 0. The summed E-state index contributed by atoms with van der Waals surface area (Å²) in [4.78, 5) is 21.5. The molecule has 5 nitrogen and oxygen atoms in total. The molecule has 0 bridgehead atoms. The molecule has 1 fully saturated rings. The monoisotopic (exact) mass is 484 g/mol. The van der Waals surface area contributed by atoms with Crippen LogP contribution < -0.4 is 10.9 Å². The maximum atomic E-state index is 14.0. The fourth-order valence-electron chi connectivity index (χ4n) is 5.17. The van der Waals surface area contributed by atoms with E-state index in [-0.39, 0.29) is 11.4 Å². The van der Waals surface area contributed by atoms with E-state index >= 15 is 0 Å². The minimum Gasteiger partial charge on any atom is -0.356 e. The standard InChI is InChI=1S/C30H33FN4O/c1-20(2)34-16-6-8-22(18-34)19-35-29(26-9-5-4-7-21(26)3)33-28-15-14-25(17-27(28)30(35)36)32-24-12-10-23(31)11-13-24/h4-5,7,9-15,17,20,22,32H,6,8,16,18-19H2,1-3H3. The van der Waals surface area contributed by atoms with Crippen LogP contribution in [0, 0.1) is 18.7 Å². The zero-order valence-electron chi connectivity index (χ0n) is 21.2. The summed E-state index contributed by atoms with van der Waals surface area (Å²) in [5, 5.41) is 3.86. The van der Waals surface area contributed by atoms with E-state index in [1.54, 1.807) is 12.1 Å². The summed E-state index contributed by atoms with van der Waals surface area (Å²) < 4.78 is 15.2. The van der Waals surface area contributed by atoms with Crippen molar-refractivity contribution in [3.63, 3.8) is 0 Å². The van der Waals surface area contributed by atoms with E-state index in [1.165, 1.54) is 12.1 Å². The molecule has 0 radical (unpaired) electrons. The van der Waals surface area contributed by atoms with Crippen LogP contribution >= 0.6 is 0 Å². The van der Waals surface area contributed by atoms with Gasteiger partial charge in [-0.3, -0.25) is 9.36 Å². The molecule has 2 heterocycles. The lowest BCUT2D eigenvalue weighted by molar-refractivity contribution is 0.130. The number of halogens is 1. The van der Waals surface area contributed by atoms with Gasteiger partial charge >= 0.3 is 0 Å². The van der Waals surface area contributed by atoms with Crippen molar-refractivity contribution in [2.75, 3.05) is 18.4 Å². The van der Waals surface area contributed by atoms with E-state index < -0.39 is 0 Å². The smallest absolute Gasteiger partial charge is 0.261 e. The van der Waals surface area contributed by atoms with Gasteiger partial charge in [0.05, 0.1) is 10.9 Å². The van der Waals surface area contributed by atoms with E-state index in [9.17, 15) is 9.18 Å². The third-order valence-corrected chi connectivity index (χ3v) is 7.19. The van der Waals surface area contributed by atoms with E-state index in [4.69, 9.17) is 4.98 Å². The molecule has 0 aliphatic carbocycles. The number of benzene rings is 3. The Hall–Kier alpha value is -3.51. The van der Waals surface area contributed by atoms with Crippen LogP contribution in [0.1, 0.15) is 32.3 Å². The minimum atomic E-state index is -0.284. The number of hydrogen-bond donors (Lipinski definition) is 1. The largest absolute Gasteiger partial charge is 0.356 e. The molecule has 0 saturated carbocycles. The fourth-order valence-corrected chi connectivity index (χ4v) is 5.17. The molecule has 1 N–H and O–H groups in total. The van der Waals surface area contributed by atoms with Crippen LogP contribution in [-0.4, -0.2) is 33.6 Å². The topological polar surface area (TPSA) is 50.2 Å². The molecule has 3 aromatic carbocycles. The molecule has 186 valence electrons. The van der Waals surface area contributed by atoms with Crippen molar-refractivity contribution in [1.29, 1.82) is 0 Å². The summed E-state index contributed by atoms with van der Waals surface area (Å²) in [5.41, 5.74) is 4.26. The van der Waals surface area contributed by atoms with Crippen molar-refractivity contribution in [2.45, 2.75) is 46.2 Å². The molecule has 1 atom stereocenters. The third-order valence-electron chi connectivity index (χ3n) is 7.19. The highest BCUT2D eigenvalue weighted by Gasteiger charge is 2.24. The SMILES string of the molecule is Cc1ccccc1-c1nc2ccc(Nc3ccc(F)cc3)cc2c(=O)n1CC1CCCN(C(C)C)C1. The van der Waals surface area contributed by atoms with Gasteiger partial charge in [0.1, 0.15) is 11.6 Å². The Morgan fingerprint density at radius 1 is 1.06 bits per heavy atom. The van der Waals surface area contributed by atoms with Gasteiger partial charge in [0.2, 0.25) is 0 Å². The number of aromatic nitrogens is 2. The van der Waals surface area contributed by atoms with Gasteiger partial charge in [-0.25, -0.2) is 9.37 Å². The summed E-state index contributed by atoms with van der Waals surface area (Å²) in [6.45, 7) is 9.28. The van der Waals surface area contributed by atoms with E-state index in [0.717, 1.165) is 54.3 Å². The van der Waals surface area contributed by atoms with Crippen molar-refractivity contribution in [3.05, 3.63) is 88.5 Å². The molecule has 1 aromatic heterocycles. The third kappa shape index (κ3) is 5.05. The molecule has 0 spiro atoms. The number of piperidine rings is 1. The Kier molecular flexibility index (Phi) is 6.88. The van der Waals surface area contributed by atoms with Gasteiger partial charge in [0.15, 0.2) is 0 Å². The number of nitrogens with one attached hydrogen (secondary N) is 1. The molecule has 0 amide bonds. The highest BCUT2D eigenvalue weighted by molar-refractivity contribution is 5.84. The van der Waals surface area contributed by atoms with Gasteiger partial charge < -0.3 is 10.2 Å². The number of aryl methyl sites for hydroxylation is 1. The van der Waals surface area contributed by atoms with E-state index in [2.05, 4.69) is 37.1 Å². The highest BCUT2D eigenvalue weighted by Crippen LogP contribution is 2.27. The van der Waals surface area contributed by atoms with Crippen LogP contribution in [0.3, 0.4) is 0 Å². The van der Waals surface area contributed by atoms with Crippen molar-refractivity contribution in [3.8, 4) is 11.4 Å². The van der Waals surface area contributed by atoms with Gasteiger partial charge in [-0.2, -0.15) is 0 Å². The lowest BCUT2D eigenvalue weighted by atomic mass is 9.96. The van der Waals surface area contributed by atoms with Crippen molar-refractivity contribution in [1.82, 2.24) is 14.5 Å². The van der Waals surface area contributed by atoms with Crippen LogP contribution in [0.4, 0.5) is 15.8 Å². The average Bonchev–Trinajstić information content (AvgIpc) is 2.88. The molecule has 4 aromatic rings. The molecular weight excluding hydrogens is 451 g/mol. The number of likely N-dealkylation sites (tertiary alicyclic amines) is 1. The summed E-state index contributed by atoms with van der Waals surface area (Å²) in [6, 6.07) is 20.5. The first-order chi connectivity index (χ1) is 17.4. The molecule has 1 aliphatic heterocycles. The van der Waals surface area contributed by atoms with E-state index in [1.807, 2.05) is 41.0 Å². The molecule has 36 heavy (non-hydrogen) atoms. The first-order valence-electron chi connectivity index (χ1n) is 12.8. The number of nitrogens with zero attached hydrogens (tertiary/aromatic N) is 3. The summed E-state index contributed by atoms with van der Waals surface area (Å²) in [6.07, 6.45) is 2.25. The van der Waals surface area contributed by atoms with Crippen LogP contribution in [0.25, 0.3) is 22.3 Å². The Morgan fingerprint density at radius 2 is 1.81 bits per heavy atom. The zero-order valence-corrected chi connectivity index (χ0v) is 21.2. The van der Waals surface area contributed by atoms with Crippen LogP contribution in [0.2, 0.25) is 0 Å². The van der Waals surface area contributed by atoms with E-state index in [0.29, 0.717) is 29.4 Å². The number of fused-ring (bicyclic) bond motifs is 1. The van der Waals surface area contributed by atoms with Crippen LogP contribution in [0.15, 0.2) is 71.5 Å². The minimum absolute atomic E-state index is 0.0253. The van der Waals surface area contributed by atoms with Crippen molar-refractivity contribution < 1.29 is 4.39 Å². The average molecular weight is 485 g/mol. The van der Waals surface area contributed by atoms with Gasteiger partial charge in [-0.05, 0) is 94.1 Å². The molecular formula is C30H33FN4O. The lowest BCUT2D eigenvalue weighted by Crippen LogP contribution is -2.42. The Morgan fingerprint density at radius 3 is 2.56 bits per heavy atom. The second-order valence-corrected chi connectivity index (χ2v) is 10.1. The molecule has 1 unspecified atom stereocenters. The summed E-state index contributed by atoms with van der Waals surface area (Å²) >= 11 is 0. The molecule has 1 saturated heterocycles. The predicted molar refractivity (Wildman–Crippen MR) is 145 cm³/mol. The zero-order chi connectivity index (χ0) is 25.2. The maximum absolute atomic E-state index is 14.0. The number of rotatable bonds is 6. The van der Waals surface area contributed by atoms with Gasteiger partial charge in [-0.15, -0.1) is 0 Å². The first-order valence-corrected chi connectivity index (χ1v) is 12.8. The fraction of sp³-hybridized carbons (Fsp3) is 0.333. The number of hydrogen-bond acceptors (Lipinski definition) is 4. The Labute approximate surface area is 211 Å². The van der Waals surface area contributed by atoms with Gasteiger partial charge in [-0.1, -0.05) is 24.3 Å². The summed E-state index contributed by atoms with van der Waals surface area (Å²) in [5.74, 6) is 0.835. The molecule has 6 heteroatoms. The quantitative estimate of drug-likeness (QED) is 0.345. The lowest BCUT2D eigenvalue weighted by Gasteiger charge is -2.36. The predicted octanol–water partition coefficient (Wildman–Crippen LogP) is 6.38. The highest BCUT2D eigenvalue weighted by atomic mass is 19.1. The van der Waals surface area contributed by atoms with Crippen molar-refractivity contribution in [2.24, 2.45) is 5.92 Å². The van der Waals surface area contributed by atoms with Gasteiger partial charge in [0.25, 0.3) is 5.56 Å².